The number of aliphatic carboxylic acids is 1. The maximum absolute atomic E-state index is 13.2. The average Bonchev–Trinajstić information content (AvgIpc) is 2.19. The molecule has 0 saturated heterocycles. The van der Waals surface area contributed by atoms with Crippen molar-refractivity contribution in [3.05, 3.63) is 35.7 Å². The SMILES string of the molecule is O=C(O)CC=Cc1ccc(OC(F)(F)F)c(F)c1. The Bertz CT molecular complexity index is 466. The molecule has 0 fully saturated rings. The Morgan fingerprint density at radius 1 is 1.39 bits per heavy atom. The summed E-state index contributed by atoms with van der Waals surface area (Å²) in [5, 5.41) is 8.35. The predicted molar refractivity (Wildman–Crippen MR) is 54.4 cm³/mol. The minimum atomic E-state index is -4.96. The van der Waals surface area contributed by atoms with E-state index in [4.69, 9.17) is 5.11 Å². The molecule has 0 heterocycles. The molecule has 0 bridgehead atoms. The number of rotatable bonds is 4. The summed E-state index contributed by atoms with van der Waals surface area (Å²) in [6.07, 6.45) is -2.68. The molecule has 0 amide bonds. The molecule has 7 heteroatoms. The van der Waals surface area contributed by atoms with Gasteiger partial charge in [-0.3, -0.25) is 4.79 Å². The Morgan fingerprint density at radius 3 is 2.56 bits per heavy atom. The van der Waals surface area contributed by atoms with E-state index in [0.29, 0.717) is 0 Å². The summed E-state index contributed by atoms with van der Waals surface area (Å²) in [6.45, 7) is 0. The molecule has 98 valence electrons. The molecule has 3 nitrogen and oxygen atoms in total. The van der Waals surface area contributed by atoms with Crippen LogP contribution in [0.15, 0.2) is 24.3 Å². The quantitative estimate of drug-likeness (QED) is 0.849. The molecular weight excluding hydrogens is 256 g/mol. The van der Waals surface area contributed by atoms with Gasteiger partial charge in [0.15, 0.2) is 11.6 Å². The number of carboxylic acid groups (broad SMARTS) is 1. The zero-order chi connectivity index (χ0) is 13.8. The van der Waals surface area contributed by atoms with Gasteiger partial charge in [-0.25, -0.2) is 4.39 Å². The summed E-state index contributed by atoms with van der Waals surface area (Å²) in [4.78, 5) is 10.2. The Morgan fingerprint density at radius 2 is 2.06 bits per heavy atom. The molecule has 0 aliphatic heterocycles. The third kappa shape index (κ3) is 4.86. The van der Waals surface area contributed by atoms with Crippen LogP contribution in [0.5, 0.6) is 5.75 Å². The van der Waals surface area contributed by atoms with Gasteiger partial charge in [-0.15, -0.1) is 13.2 Å². The number of hydrogen-bond donors (Lipinski definition) is 1. The van der Waals surface area contributed by atoms with Crippen LogP contribution in [0.2, 0.25) is 0 Å². The highest BCUT2D eigenvalue weighted by molar-refractivity contribution is 5.70. The van der Waals surface area contributed by atoms with Crippen LogP contribution in [0, 0.1) is 5.82 Å². The molecule has 0 aromatic heterocycles. The maximum atomic E-state index is 13.2. The van der Waals surface area contributed by atoms with E-state index in [-0.39, 0.29) is 12.0 Å². The van der Waals surface area contributed by atoms with Crippen molar-refractivity contribution >= 4 is 12.0 Å². The van der Waals surface area contributed by atoms with E-state index in [1.807, 2.05) is 0 Å². The molecule has 0 aliphatic rings. The van der Waals surface area contributed by atoms with E-state index in [2.05, 4.69) is 4.74 Å². The molecule has 1 N–H and O–H groups in total. The maximum Gasteiger partial charge on any atom is 0.573 e. The minimum absolute atomic E-state index is 0.239. The number of benzene rings is 1. The van der Waals surface area contributed by atoms with Gasteiger partial charge in [-0.05, 0) is 17.7 Å². The van der Waals surface area contributed by atoms with Crippen molar-refractivity contribution < 1.29 is 32.2 Å². The first-order chi connectivity index (χ1) is 8.28. The predicted octanol–water partition coefficient (Wildman–Crippen LogP) is 3.21. The topological polar surface area (TPSA) is 46.5 Å². The van der Waals surface area contributed by atoms with Crippen molar-refractivity contribution in [3.63, 3.8) is 0 Å². The third-order valence-corrected chi connectivity index (χ3v) is 1.78. The van der Waals surface area contributed by atoms with E-state index in [0.717, 1.165) is 12.1 Å². The summed E-state index contributed by atoms with van der Waals surface area (Å²) in [5.74, 6) is -3.17. The van der Waals surface area contributed by atoms with Crippen LogP contribution in [0.4, 0.5) is 17.6 Å². The van der Waals surface area contributed by atoms with E-state index in [1.165, 1.54) is 18.2 Å². The van der Waals surface area contributed by atoms with Crippen molar-refractivity contribution in [2.24, 2.45) is 0 Å². The molecule has 0 saturated carbocycles. The molecule has 0 spiro atoms. The van der Waals surface area contributed by atoms with Gasteiger partial charge in [0, 0.05) is 0 Å². The van der Waals surface area contributed by atoms with E-state index in [1.54, 1.807) is 0 Å². The fraction of sp³-hybridized carbons (Fsp3) is 0.182. The number of alkyl halides is 3. The van der Waals surface area contributed by atoms with Gasteiger partial charge in [0.05, 0.1) is 6.42 Å². The smallest absolute Gasteiger partial charge is 0.481 e. The standard InChI is InChI=1S/C11H8F4O3/c12-8-6-7(2-1-3-10(16)17)4-5-9(8)18-11(13,14)15/h1-2,4-6H,3H2,(H,16,17). The Hall–Kier alpha value is -2.05. The summed E-state index contributed by atoms with van der Waals surface area (Å²) in [5.41, 5.74) is 0.239. The lowest BCUT2D eigenvalue weighted by atomic mass is 10.2. The lowest BCUT2D eigenvalue weighted by Gasteiger charge is -2.09. The first-order valence-electron chi connectivity index (χ1n) is 4.71. The summed E-state index contributed by atoms with van der Waals surface area (Å²) >= 11 is 0. The highest BCUT2D eigenvalue weighted by Gasteiger charge is 2.32. The minimum Gasteiger partial charge on any atom is -0.481 e. The number of carbonyl (C=O) groups is 1. The summed E-state index contributed by atoms with van der Waals surface area (Å²) in [6, 6.07) is 2.82. The average molecular weight is 264 g/mol. The van der Waals surface area contributed by atoms with Gasteiger partial charge < -0.3 is 9.84 Å². The van der Waals surface area contributed by atoms with Gasteiger partial charge in [-0.1, -0.05) is 18.2 Å². The number of ether oxygens (including phenoxy) is 1. The van der Waals surface area contributed by atoms with Crippen molar-refractivity contribution in [1.82, 2.24) is 0 Å². The van der Waals surface area contributed by atoms with Gasteiger partial charge in [0.1, 0.15) is 0 Å². The number of halogens is 4. The van der Waals surface area contributed by atoms with Crippen LogP contribution in [0.1, 0.15) is 12.0 Å². The fourth-order valence-electron chi connectivity index (χ4n) is 1.12. The molecule has 1 aromatic rings. The van der Waals surface area contributed by atoms with Crippen molar-refractivity contribution in [2.45, 2.75) is 12.8 Å². The van der Waals surface area contributed by atoms with E-state index < -0.39 is 23.9 Å². The molecule has 18 heavy (non-hydrogen) atoms. The molecular formula is C11H8F4O3. The second kappa shape index (κ2) is 5.52. The van der Waals surface area contributed by atoms with Gasteiger partial charge in [0.25, 0.3) is 0 Å². The van der Waals surface area contributed by atoms with Crippen LogP contribution in [0.25, 0.3) is 6.08 Å². The van der Waals surface area contributed by atoms with Crippen molar-refractivity contribution in [2.75, 3.05) is 0 Å². The van der Waals surface area contributed by atoms with Crippen molar-refractivity contribution in [1.29, 1.82) is 0 Å². The second-order valence-corrected chi connectivity index (χ2v) is 3.24. The van der Waals surface area contributed by atoms with Crippen LogP contribution in [-0.4, -0.2) is 17.4 Å². The normalized spacial score (nSPS) is 11.8. The second-order valence-electron chi connectivity index (χ2n) is 3.24. The third-order valence-electron chi connectivity index (χ3n) is 1.78. The van der Waals surface area contributed by atoms with Gasteiger partial charge in [-0.2, -0.15) is 0 Å². The van der Waals surface area contributed by atoms with E-state index >= 15 is 0 Å². The van der Waals surface area contributed by atoms with Crippen LogP contribution < -0.4 is 4.74 Å². The highest BCUT2D eigenvalue weighted by Crippen LogP contribution is 2.26. The van der Waals surface area contributed by atoms with Crippen LogP contribution >= 0.6 is 0 Å². The lowest BCUT2D eigenvalue weighted by Crippen LogP contribution is -2.17. The monoisotopic (exact) mass is 264 g/mol. The zero-order valence-electron chi connectivity index (χ0n) is 8.87. The largest absolute Gasteiger partial charge is 0.573 e. The van der Waals surface area contributed by atoms with Crippen LogP contribution in [0.3, 0.4) is 0 Å². The molecule has 1 rings (SSSR count). The Balaban J connectivity index is 2.79. The summed E-state index contributed by atoms with van der Waals surface area (Å²) < 4.78 is 52.2. The zero-order valence-corrected chi connectivity index (χ0v) is 8.87. The number of hydrogen-bond acceptors (Lipinski definition) is 2. The molecule has 0 unspecified atom stereocenters. The van der Waals surface area contributed by atoms with E-state index in [9.17, 15) is 22.4 Å². The first-order valence-corrected chi connectivity index (χ1v) is 4.71. The molecule has 0 aliphatic carbocycles. The molecule has 0 radical (unpaired) electrons. The molecule has 0 atom stereocenters. The first kappa shape index (κ1) is 14.0. The Kier molecular flexibility index (Phi) is 4.30. The molecule has 1 aromatic carbocycles. The Labute approximate surface area is 99.3 Å². The summed E-state index contributed by atoms with van der Waals surface area (Å²) in [7, 11) is 0. The highest BCUT2D eigenvalue weighted by atomic mass is 19.4. The van der Waals surface area contributed by atoms with Crippen LogP contribution in [-0.2, 0) is 4.79 Å². The fourth-order valence-corrected chi connectivity index (χ4v) is 1.12. The van der Waals surface area contributed by atoms with Gasteiger partial charge in [0.2, 0.25) is 0 Å². The van der Waals surface area contributed by atoms with Crippen molar-refractivity contribution in [3.8, 4) is 5.75 Å². The lowest BCUT2D eigenvalue weighted by molar-refractivity contribution is -0.275. The number of carboxylic acids is 1. The van der Waals surface area contributed by atoms with Gasteiger partial charge >= 0.3 is 12.3 Å².